The molecule has 0 bridgehead atoms. The van der Waals surface area contributed by atoms with Gasteiger partial charge < -0.3 is 85.1 Å². The van der Waals surface area contributed by atoms with Crippen LogP contribution in [0.25, 0.3) is 10.9 Å². The fourth-order valence-electron chi connectivity index (χ4n) is 7.97. The number of carboxylic acid groups (broad SMARTS) is 3. The maximum Gasteiger partial charge on any atom is 0.326 e. The molecule has 28 nitrogen and oxygen atoms in total. The molecule has 2 rings (SSSR count). The van der Waals surface area contributed by atoms with Crippen LogP contribution in [0.2, 0.25) is 0 Å². The van der Waals surface area contributed by atoms with Gasteiger partial charge in [0.05, 0.1) is 6.10 Å². The van der Waals surface area contributed by atoms with Crippen LogP contribution in [0.4, 0.5) is 0 Å². The average molecular weight is 1150 g/mol. The van der Waals surface area contributed by atoms with Crippen molar-refractivity contribution in [3.05, 3.63) is 36.0 Å². The number of rotatable bonds is 37. The summed E-state index contributed by atoms with van der Waals surface area (Å²) in [4.78, 5) is 153. The van der Waals surface area contributed by atoms with E-state index in [2.05, 4.69) is 52.5 Å². The molecule has 1 heterocycles. The number of aliphatic carboxylic acids is 3. The SMILES string of the molecule is CC[C@H](C)[C@H](NC(=O)[C@@H](N)[C@@H](C)O)C(=O)N[C@@H](Cc1c[nH]c2ccccc12)C(=O)N[C@@H](CCSC)C(=O)N[C@@H](CC(C)C)C(=O)N[C@@H](CCC(=O)O)C(=O)N[C@@H](C)C(=O)N[C@@H](CCC(=O)O)C(=O)N[C@@H](CCCN=C(N)N)C(=O)O. The fraction of sp³-hybridized carbons (Fsp3) is 0.608. The number of aromatic nitrogens is 1. The standard InChI is InChI=1S/C51H81N13O15S/c1-8-26(4)41(64-48(76)40(52)28(6)65)49(77)63-37(23-29-24-56-31-13-10-9-12-30(29)31)47(75)60-34(19-21-80-7)45(73)62-36(22-25(2)3)46(74)59-32(15-17-38(66)67)43(71)57-27(5)42(70)58-33(16-18-39(68)69)44(72)61-35(50(78)79)14-11-20-55-51(53)54/h9-10,12-13,24-28,32-37,40-41,56,65H,8,11,14-23,52H2,1-7H3,(H,57,71)(H,58,70)(H,59,74)(H,60,75)(H,61,72)(H,62,73)(H,63,77)(H,64,76)(H,66,67)(H,68,69)(H,78,79)(H4,53,54,55)/t26-,27-,28+,32-,33-,34-,35-,36-,37-,40-,41-/m0/s1. The lowest BCUT2D eigenvalue weighted by molar-refractivity contribution is -0.143. The Kier molecular flexibility index (Phi) is 29.5. The van der Waals surface area contributed by atoms with Crippen molar-refractivity contribution >= 4 is 93.8 Å². The predicted molar refractivity (Wildman–Crippen MR) is 296 cm³/mol. The summed E-state index contributed by atoms with van der Waals surface area (Å²) < 4.78 is 0. The maximum atomic E-state index is 14.5. The zero-order valence-corrected chi connectivity index (χ0v) is 47.0. The van der Waals surface area contributed by atoms with Gasteiger partial charge in [-0.2, -0.15) is 11.8 Å². The molecule has 11 atom stereocenters. The monoisotopic (exact) mass is 1150 g/mol. The molecule has 0 aliphatic carbocycles. The van der Waals surface area contributed by atoms with Crippen molar-refractivity contribution < 1.29 is 73.2 Å². The molecule has 1 aromatic carbocycles. The van der Waals surface area contributed by atoms with E-state index in [0.29, 0.717) is 17.7 Å². The van der Waals surface area contributed by atoms with Gasteiger partial charge in [-0.1, -0.05) is 52.3 Å². The Morgan fingerprint density at radius 3 is 1.65 bits per heavy atom. The number of H-pyrrole nitrogens is 1. The Hall–Kier alpha value is -7.53. The lowest BCUT2D eigenvalue weighted by atomic mass is 9.96. The molecule has 0 saturated carbocycles. The molecule has 0 aliphatic rings. The first-order valence-corrected chi connectivity index (χ1v) is 27.6. The molecule has 0 spiro atoms. The van der Waals surface area contributed by atoms with Crippen molar-refractivity contribution in [3.63, 3.8) is 0 Å². The van der Waals surface area contributed by atoms with Crippen molar-refractivity contribution in [2.45, 2.75) is 166 Å². The highest BCUT2D eigenvalue weighted by atomic mass is 32.2. The van der Waals surface area contributed by atoms with Crippen molar-refractivity contribution in [1.82, 2.24) is 47.5 Å². The molecule has 0 saturated heterocycles. The number of guanidine groups is 1. The first-order chi connectivity index (χ1) is 37.6. The minimum atomic E-state index is -1.64. The number of nitrogens with one attached hydrogen (secondary N) is 9. The molecule has 1 aromatic heterocycles. The second kappa shape index (κ2) is 34.5. The van der Waals surface area contributed by atoms with Crippen LogP contribution in [-0.4, -0.2) is 176 Å². The van der Waals surface area contributed by atoms with Gasteiger partial charge in [-0.3, -0.25) is 52.9 Å². The summed E-state index contributed by atoms with van der Waals surface area (Å²) in [5, 5.41) is 59.5. The van der Waals surface area contributed by atoms with Crippen molar-refractivity contribution in [2.75, 3.05) is 18.6 Å². The molecule has 0 unspecified atom stereocenters. The van der Waals surface area contributed by atoms with Gasteiger partial charge in [-0.15, -0.1) is 0 Å². The smallest absolute Gasteiger partial charge is 0.326 e. The molecule has 8 amide bonds. The van der Waals surface area contributed by atoms with E-state index in [1.54, 1.807) is 46.2 Å². The molecule has 29 heteroatoms. The molecule has 446 valence electrons. The normalized spacial score (nSPS) is 15.3. The van der Waals surface area contributed by atoms with E-state index in [-0.39, 0.29) is 50.5 Å². The minimum absolute atomic E-state index is 0.0224. The van der Waals surface area contributed by atoms with Crippen molar-refractivity contribution in [3.8, 4) is 0 Å². The zero-order valence-electron chi connectivity index (χ0n) is 46.2. The molecule has 19 N–H and O–H groups in total. The molecule has 80 heavy (non-hydrogen) atoms. The minimum Gasteiger partial charge on any atom is -0.481 e. The number of aliphatic hydroxyl groups is 1. The molecule has 0 radical (unpaired) electrons. The Labute approximate surface area is 467 Å². The molecule has 0 aliphatic heterocycles. The summed E-state index contributed by atoms with van der Waals surface area (Å²) in [6.45, 7) is 9.50. The number of carbonyl (C=O) groups excluding carboxylic acids is 8. The van der Waals surface area contributed by atoms with E-state index in [4.69, 9.17) is 17.2 Å². The number of fused-ring (bicyclic) bond motifs is 1. The van der Waals surface area contributed by atoms with Gasteiger partial charge in [-0.05, 0) is 87.8 Å². The Morgan fingerprint density at radius 2 is 1.12 bits per heavy atom. The number of hydrogen-bond acceptors (Lipinski definition) is 15. The highest BCUT2D eigenvalue weighted by Gasteiger charge is 2.36. The summed E-state index contributed by atoms with van der Waals surface area (Å²) in [6, 6.07) is -5.70. The lowest BCUT2D eigenvalue weighted by Crippen LogP contribution is -2.61. The maximum absolute atomic E-state index is 14.5. The first kappa shape index (κ1) is 68.6. The molecule has 0 fully saturated rings. The lowest BCUT2D eigenvalue weighted by Gasteiger charge is -2.29. The van der Waals surface area contributed by atoms with Gasteiger partial charge in [0.1, 0.15) is 54.4 Å². The van der Waals surface area contributed by atoms with Crippen LogP contribution in [-0.2, 0) is 59.2 Å². The van der Waals surface area contributed by atoms with Gasteiger partial charge in [0.2, 0.25) is 47.3 Å². The summed E-state index contributed by atoms with van der Waals surface area (Å²) in [5.41, 5.74) is 17.8. The summed E-state index contributed by atoms with van der Waals surface area (Å²) in [6.07, 6.45) is 0.153. The summed E-state index contributed by atoms with van der Waals surface area (Å²) >= 11 is 1.35. The van der Waals surface area contributed by atoms with Gasteiger partial charge in [0, 0.05) is 42.9 Å². The second-order valence-electron chi connectivity index (χ2n) is 19.9. The second-order valence-corrected chi connectivity index (χ2v) is 20.8. The van der Waals surface area contributed by atoms with E-state index < -0.39 is 157 Å². The third-order valence-corrected chi connectivity index (χ3v) is 13.4. The molecular weight excluding hydrogens is 1070 g/mol. The zero-order chi connectivity index (χ0) is 60.4. The van der Waals surface area contributed by atoms with E-state index >= 15 is 0 Å². The number of aromatic amines is 1. The van der Waals surface area contributed by atoms with E-state index in [1.165, 1.54) is 25.6 Å². The van der Waals surface area contributed by atoms with Crippen molar-refractivity contribution in [1.29, 1.82) is 0 Å². The predicted octanol–water partition coefficient (Wildman–Crippen LogP) is -1.97. The highest BCUT2D eigenvalue weighted by molar-refractivity contribution is 7.98. The third kappa shape index (κ3) is 23.8. The number of hydrogen-bond donors (Lipinski definition) is 16. The van der Waals surface area contributed by atoms with Crippen LogP contribution in [0, 0.1) is 11.8 Å². The number of aliphatic imine (C=N–C) groups is 1. The van der Waals surface area contributed by atoms with Gasteiger partial charge in [0.15, 0.2) is 5.96 Å². The number of thioether (sulfide) groups is 1. The first-order valence-electron chi connectivity index (χ1n) is 26.2. The van der Waals surface area contributed by atoms with Gasteiger partial charge in [-0.25, -0.2) is 4.79 Å². The quantitative estimate of drug-likeness (QED) is 0.0198. The van der Waals surface area contributed by atoms with Crippen LogP contribution in [0.5, 0.6) is 0 Å². The van der Waals surface area contributed by atoms with Crippen LogP contribution >= 0.6 is 11.8 Å². The number of nitrogens with two attached hydrogens (primary N) is 3. The average Bonchev–Trinajstić information content (AvgIpc) is 3.80. The third-order valence-electron chi connectivity index (χ3n) is 12.8. The molecular formula is C51H81N13O15S. The number of carbonyl (C=O) groups is 11. The van der Waals surface area contributed by atoms with E-state index in [9.17, 15) is 73.2 Å². The van der Waals surface area contributed by atoms with Gasteiger partial charge in [0.25, 0.3) is 0 Å². The number of nitrogens with zero attached hydrogens (tertiary/aromatic N) is 1. The van der Waals surface area contributed by atoms with Crippen LogP contribution in [0.3, 0.4) is 0 Å². The molecule has 2 aromatic rings. The van der Waals surface area contributed by atoms with E-state index in [1.807, 2.05) is 18.2 Å². The number of carboxylic acids is 3. The number of benzene rings is 1. The topological polar surface area (TPSA) is 471 Å². The van der Waals surface area contributed by atoms with E-state index in [0.717, 1.165) is 10.9 Å². The van der Waals surface area contributed by atoms with Gasteiger partial charge >= 0.3 is 17.9 Å². The fourth-order valence-corrected chi connectivity index (χ4v) is 8.44. The number of para-hydroxylation sites is 1. The summed E-state index contributed by atoms with van der Waals surface area (Å²) in [5.74, 6) is -12.1. The highest BCUT2D eigenvalue weighted by Crippen LogP contribution is 2.20. The Bertz CT molecular complexity index is 2490. The summed E-state index contributed by atoms with van der Waals surface area (Å²) in [7, 11) is 0. The number of amides is 8. The Balaban J connectivity index is 2.43. The van der Waals surface area contributed by atoms with Crippen LogP contribution in [0.15, 0.2) is 35.5 Å². The Morgan fingerprint density at radius 1 is 0.625 bits per heavy atom. The van der Waals surface area contributed by atoms with Crippen LogP contribution in [0.1, 0.15) is 105 Å². The number of aliphatic hydroxyl groups excluding tert-OH is 1. The van der Waals surface area contributed by atoms with Crippen LogP contribution < -0.4 is 59.7 Å². The largest absolute Gasteiger partial charge is 0.481 e. The van der Waals surface area contributed by atoms with Crippen molar-refractivity contribution in [2.24, 2.45) is 34.0 Å².